The number of benzene rings is 1. The zero-order valence-electron chi connectivity index (χ0n) is 15.7. The summed E-state index contributed by atoms with van der Waals surface area (Å²) < 4.78 is 38.8. The highest BCUT2D eigenvalue weighted by atomic mass is 19.4. The van der Waals surface area contributed by atoms with Crippen LogP contribution in [0, 0.1) is 16.7 Å². The number of hydrogen-bond acceptors (Lipinski definition) is 4. The number of carbonyl (C=O) groups is 2. The molecule has 1 aliphatic heterocycles. The summed E-state index contributed by atoms with van der Waals surface area (Å²) in [4.78, 5) is 26.5. The molecule has 11 heteroatoms. The Morgan fingerprint density at radius 3 is 2.72 bits per heavy atom. The van der Waals surface area contributed by atoms with E-state index in [2.05, 4.69) is 10.6 Å². The third-order valence-electron chi connectivity index (χ3n) is 4.09. The van der Waals surface area contributed by atoms with Crippen molar-refractivity contribution in [3.63, 3.8) is 0 Å². The van der Waals surface area contributed by atoms with E-state index in [4.69, 9.17) is 5.41 Å². The van der Waals surface area contributed by atoms with Gasteiger partial charge in [-0.3, -0.25) is 15.1 Å². The van der Waals surface area contributed by atoms with Crippen LogP contribution < -0.4 is 15.5 Å². The Labute approximate surface area is 165 Å². The van der Waals surface area contributed by atoms with Gasteiger partial charge in [0, 0.05) is 24.5 Å². The van der Waals surface area contributed by atoms with Crippen LogP contribution in [0.1, 0.15) is 19.4 Å². The fourth-order valence-corrected chi connectivity index (χ4v) is 2.68. The summed E-state index contributed by atoms with van der Waals surface area (Å²) in [5, 5.41) is 22.2. The van der Waals surface area contributed by atoms with Crippen LogP contribution >= 0.6 is 0 Å². The maximum absolute atomic E-state index is 12.9. The van der Waals surface area contributed by atoms with Crippen molar-refractivity contribution in [2.24, 2.45) is 0 Å². The molecule has 1 aliphatic rings. The minimum absolute atomic E-state index is 0.0165. The van der Waals surface area contributed by atoms with E-state index >= 15 is 0 Å². The molecule has 1 unspecified atom stereocenters. The van der Waals surface area contributed by atoms with Crippen LogP contribution in [-0.2, 0) is 11.0 Å². The van der Waals surface area contributed by atoms with Crippen molar-refractivity contribution >= 4 is 23.6 Å². The van der Waals surface area contributed by atoms with E-state index in [0.29, 0.717) is 0 Å². The van der Waals surface area contributed by atoms with E-state index < -0.39 is 29.3 Å². The van der Waals surface area contributed by atoms with Gasteiger partial charge < -0.3 is 15.5 Å². The zero-order valence-corrected chi connectivity index (χ0v) is 15.7. The van der Waals surface area contributed by atoms with Gasteiger partial charge in [0.25, 0.3) is 5.91 Å². The largest absolute Gasteiger partial charge is 0.416 e. The highest BCUT2D eigenvalue weighted by molar-refractivity contribution is 6.08. The van der Waals surface area contributed by atoms with E-state index in [-0.39, 0.29) is 30.8 Å². The molecule has 29 heavy (non-hydrogen) atoms. The fraction of sp³-hybridized carbons (Fsp3) is 0.333. The highest BCUT2D eigenvalue weighted by Crippen LogP contribution is 2.31. The highest BCUT2D eigenvalue weighted by Gasteiger charge is 2.32. The number of hydrogen-bond donors (Lipinski definition) is 3. The van der Waals surface area contributed by atoms with E-state index in [0.717, 1.165) is 28.1 Å². The van der Waals surface area contributed by atoms with Gasteiger partial charge in [0.05, 0.1) is 12.1 Å². The van der Waals surface area contributed by atoms with Crippen molar-refractivity contribution in [3.05, 3.63) is 41.6 Å². The quantitative estimate of drug-likeness (QED) is 0.307. The minimum atomic E-state index is -4.57. The molecular formula is C18H19F3N6O2. The molecule has 1 saturated heterocycles. The second-order valence-electron chi connectivity index (χ2n) is 6.22. The molecule has 1 aromatic carbocycles. The third-order valence-corrected chi connectivity index (χ3v) is 4.09. The smallest absolute Gasteiger partial charge is 0.333 e. The van der Waals surface area contributed by atoms with Gasteiger partial charge in [0.1, 0.15) is 11.6 Å². The van der Waals surface area contributed by atoms with E-state index in [1.807, 2.05) is 0 Å². The van der Waals surface area contributed by atoms with Gasteiger partial charge in [-0.1, -0.05) is 6.07 Å². The van der Waals surface area contributed by atoms with Gasteiger partial charge in [-0.2, -0.15) is 18.4 Å². The average Bonchev–Trinajstić information content (AvgIpc) is 3.00. The van der Waals surface area contributed by atoms with Gasteiger partial charge in [-0.25, -0.2) is 4.79 Å². The molecule has 1 aromatic rings. The molecule has 0 saturated carbocycles. The van der Waals surface area contributed by atoms with Crippen molar-refractivity contribution in [3.8, 4) is 6.07 Å². The minimum Gasteiger partial charge on any atom is -0.333 e. The number of nitrogens with one attached hydrogen (secondary N) is 3. The van der Waals surface area contributed by atoms with Crippen LogP contribution in [0.2, 0.25) is 0 Å². The summed E-state index contributed by atoms with van der Waals surface area (Å²) >= 11 is 0. The van der Waals surface area contributed by atoms with E-state index in [9.17, 15) is 28.0 Å². The predicted molar refractivity (Wildman–Crippen MR) is 98.7 cm³/mol. The van der Waals surface area contributed by atoms with Crippen molar-refractivity contribution in [2.75, 3.05) is 18.0 Å². The average molecular weight is 408 g/mol. The first-order valence-electron chi connectivity index (χ1n) is 8.61. The summed E-state index contributed by atoms with van der Waals surface area (Å²) in [6.07, 6.45) is -3.62. The Morgan fingerprint density at radius 2 is 2.21 bits per heavy atom. The molecule has 8 nitrogen and oxygen atoms in total. The summed E-state index contributed by atoms with van der Waals surface area (Å²) in [6.45, 7) is 3.56. The molecule has 0 aromatic heterocycles. The first-order chi connectivity index (χ1) is 13.6. The number of likely N-dealkylation sites (N-methyl/N-ethyl adjacent to an activating group) is 1. The number of carbonyl (C=O) groups excluding carboxylic acids is 2. The SMILES string of the molecule is CCN(C(=O)/C(C#N)=C/NC(=N)N1CC(C)NC1=O)c1cccc(C(F)(F)F)c1. The maximum atomic E-state index is 12.9. The lowest BCUT2D eigenvalue weighted by Crippen LogP contribution is -2.41. The number of alkyl halides is 3. The number of halogens is 3. The Hall–Kier alpha value is -3.55. The zero-order chi connectivity index (χ0) is 21.8. The second-order valence-corrected chi connectivity index (χ2v) is 6.22. The molecule has 154 valence electrons. The number of amides is 3. The number of rotatable bonds is 4. The lowest BCUT2D eigenvalue weighted by molar-refractivity contribution is -0.137. The molecule has 0 radical (unpaired) electrons. The molecular weight excluding hydrogens is 389 g/mol. The number of guanidine groups is 1. The van der Waals surface area contributed by atoms with Gasteiger partial charge in [-0.05, 0) is 32.0 Å². The number of urea groups is 1. The molecule has 1 atom stereocenters. The Balaban J connectivity index is 2.20. The van der Waals surface area contributed by atoms with Crippen LogP contribution in [0.25, 0.3) is 0 Å². The maximum Gasteiger partial charge on any atom is 0.416 e. The Morgan fingerprint density at radius 1 is 1.52 bits per heavy atom. The number of nitriles is 1. The molecule has 0 bridgehead atoms. The standard InChI is InChI=1S/C18H19F3N6O2/c1-3-26(14-6-4-5-13(7-14)18(19,20)21)15(28)12(8-22)9-24-16(23)27-10-11(2)25-17(27)29/h4-7,9,11H,3,10H2,1-2H3,(H2,23,24)(H,25,29)/b12-9+. The van der Waals surface area contributed by atoms with Gasteiger partial charge in [-0.15, -0.1) is 0 Å². The first-order valence-corrected chi connectivity index (χ1v) is 8.61. The van der Waals surface area contributed by atoms with Crippen LogP contribution in [0.3, 0.4) is 0 Å². The molecule has 1 fully saturated rings. The van der Waals surface area contributed by atoms with Crippen LogP contribution in [0.4, 0.5) is 23.7 Å². The second kappa shape index (κ2) is 8.64. The Kier molecular flexibility index (Phi) is 6.48. The van der Waals surface area contributed by atoms with Crippen LogP contribution in [0.15, 0.2) is 36.0 Å². The summed E-state index contributed by atoms with van der Waals surface area (Å²) in [7, 11) is 0. The molecule has 0 aliphatic carbocycles. The molecule has 2 rings (SSSR count). The summed E-state index contributed by atoms with van der Waals surface area (Å²) in [5.74, 6) is -1.18. The fourth-order valence-electron chi connectivity index (χ4n) is 2.68. The molecule has 0 spiro atoms. The van der Waals surface area contributed by atoms with E-state index in [1.165, 1.54) is 12.1 Å². The Bertz CT molecular complexity index is 890. The van der Waals surface area contributed by atoms with Gasteiger partial charge in [0.15, 0.2) is 0 Å². The van der Waals surface area contributed by atoms with E-state index in [1.54, 1.807) is 19.9 Å². The normalized spacial score (nSPS) is 16.8. The van der Waals surface area contributed by atoms with Crippen LogP contribution in [0.5, 0.6) is 0 Å². The summed E-state index contributed by atoms with van der Waals surface area (Å²) in [6, 6.07) is 5.21. The first kappa shape index (κ1) is 21.7. The molecule has 3 amide bonds. The van der Waals surface area contributed by atoms with Crippen molar-refractivity contribution in [1.82, 2.24) is 15.5 Å². The molecule has 3 N–H and O–H groups in total. The predicted octanol–water partition coefficient (Wildman–Crippen LogP) is 2.40. The monoisotopic (exact) mass is 408 g/mol. The summed E-state index contributed by atoms with van der Waals surface area (Å²) in [5.41, 5.74) is -1.37. The van der Waals surface area contributed by atoms with Crippen molar-refractivity contribution in [2.45, 2.75) is 26.1 Å². The van der Waals surface area contributed by atoms with Crippen molar-refractivity contribution in [1.29, 1.82) is 10.7 Å². The number of anilines is 1. The lowest BCUT2D eigenvalue weighted by atomic mass is 10.1. The lowest BCUT2D eigenvalue weighted by Gasteiger charge is -2.22. The van der Waals surface area contributed by atoms with Crippen LogP contribution in [-0.4, -0.2) is 41.9 Å². The van der Waals surface area contributed by atoms with Gasteiger partial charge >= 0.3 is 12.2 Å². The third kappa shape index (κ3) is 5.04. The van der Waals surface area contributed by atoms with Gasteiger partial charge in [0.2, 0.25) is 5.96 Å². The number of nitrogens with zero attached hydrogens (tertiary/aromatic N) is 3. The van der Waals surface area contributed by atoms with Crippen molar-refractivity contribution < 1.29 is 22.8 Å². The topological polar surface area (TPSA) is 112 Å². The molecule has 1 heterocycles.